The number of nitrogens with one attached hydrogen (secondary N) is 1. The lowest BCUT2D eigenvalue weighted by Gasteiger charge is -2.04. The van der Waals surface area contributed by atoms with Gasteiger partial charge in [-0.1, -0.05) is 6.07 Å². The van der Waals surface area contributed by atoms with E-state index in [1.54, 1.807) is 17.8 Å². The molecule has 0 saturated heterocycles. The molecule has 0 spiro atoms. The van der Waals surface area contributed by atoms with Crippen molar-refractivity contribution in [2.24, 2.45) is 7.05 Å². The summed E-state index contributed by atoms with van der Waals surface area (Å²) in [4.78, 5) is 15.3. The maximum atomic E-state index is 12.8. The second kappa shape index (κ2) is 4.25. The molecule has 2 aromatic heterocycles. The fraction of sp³-hybridized carbons (Fsp3) is 0.0909. The monoisotopic (exact) mass is 234 g/mol. The molecule has 6 heteroatoms. The van der Waals surface area contributed by atoms with E-state index < -0.39 is 5.95 Å². The van der Waals surface area contributed by atoms with Gasteiger partial charge in [0.2, 0.25) is 5.95 Å². The van der Waals surface area contributed by atoms with Gasteiger partial charge in [-0.05, 0) is 18.2 Å². The van der Waals surface area contributed by atoms with Crippen LogP contribution in [0, 0.1) is 5.95 Å². The topological polar surface area (TPSA) is 72.9 Å². The summed E-state index contributed by atoms with van der Waals surface area (Å²) in [6.07, 6.45) is 1.62. The summed E-state index contributed by atoms with van der Waals surface area (Å²) in [7, 11) is 1.70. The van der Waals surface area contributed by atoms with Crippen molar-refractivity contribution in [1.82, 2.24) is 9.55 Å². The Bertz CT molecular complexity index is 564. The van der Waals surface area contributed by atoms with Gasteiger partial charge < -0.3 is 15.6 Å². The van der Waals surface area contributed by atoms with Gasteiger partial charge in [-0.2, -0.15) is 4.39 Å². The molecule has 0 atom stereocenters. The van der Waals surface area contributed by atoms with Gasteiger partial charge >= 0.3 is 0 Å². The van der Waals surface area contributed by atoms with Crippen LogP contribution in [-0.4, -0.2) is 15.5 Å². The molecule has 0 aromatic carbocycles. The molecule has 0 aliphatic carbocycles. The molecule has 3 N–H and O–H groups in total. The molecule has 5 nitrogen and oxygen atoms in total. The minimum Gasteiger partial charge on any atom is -0.397 e. The van der Waals surface area contributed by atoms with E-state index in [0.717, 1.165) is 0 Å². The number of nitrogens with zero attached hydrogens (tertiary/aromatic N) is 2. The number of anilines is 2. The maximum absolute atomic E-state index is 12.8. The van der Waals surface area contributed by atoms with Gasteiger partial charge in [0.1, 0.15) is 11.5 Å². The molecule has 88 valence electrons. The third-order valence-electron chi connectivity index (χ3n) is 2.22. The Morgan fingerprint density at radius 3 is 2.88 bits per heavy atom. The van der Waals surface area contributed by atoms with Crippen LogP contribution in [0.5, 0.6) is 0 Å². The van der Waals surface area contributed by atoms with Crippen LogP contribution in [0.1, 0.15) is 10.5 Å². The van der Waals surface area contributed by atoms with Gasteiger partial charge in [-0.15, -0.1) is 0 Å². The lowest BCUT2D eigenvalue weighted by molar-refractivity contribution is 0.101. The molecular weight excluding hydrogens is 223 g/mol. The van der Waals surface area contributed by atoms with Crippen LogP contribution in [0.15, 0.2) is 30.5 Å². The molecule has 0 unspecified atom stereocenters. The number of nitrogen functional groups attached to an aromatic ring is 1. The second-order valence-corrected chi connectivity index (χ2v) is 3.57. The molecule has 2 heterocycles. The lowest BCUT2D eigenvalue weighted by Crippen LogP contribution is -2.16. The summed E-state index contributed by atoms with van der Waals surface area (Å²) >= 11 is 0. The maximum Gasteiger partial charge on any atom is 0.273 e. The van der Waals surface area contributed by atoms with E-state index in [-0.39, 0.29) is 11.7 Å². The number of carbonyl (C=O) groups is 1. The van der Waals surface area contributed by atoms with Crippen molar-refractivity contribution in [3.63, 3.8) is 0 Å². The van der Waals surface area contributed by atoms with Crippen molar-refractivity contribution in [3.05, 3.63) is 42.1 Å². The molecule has 0 bridgehead atoms. The van der Waals surface area contributed by atoms with E-state index in [0.29, 0.717) is 11.4 Å². The Hall–Kier alpha value is -2.37. The Balaban J connectivity index is 2.20. The van der Waals surface area contributed by atoms with Crippen molar-refractivity contribution >= 4 is 17.4 Å². The molecule has 2 rings (SSSR count). The van der Waals surface area contributed by atoms with Crippen molar-refractivity contribution in [2.45, 2.75) is 0 Å². The number of aromatic nitrogens is 2. The number of amides is 1. The SMILES string of the molecule is Cn1cc(N)cc1C(=O)Nc1cccc(F)n1. The first kappa shape index (κ1) is 11.1. The largest absolute Gasteiger partial charge is 0.397 e. The Morgan fingerprint density at radius 1 is 1.53 bits per heavy atom. The van der Waals surface area contributed by atoms with E-state index in [2.05, 4.69) is 10.3 Å². The highest BCUT2D eigenvalue weighted by atomic mass is 19.1. The normalized spacial score (nSPS) is 10.2. The number of aryl methyl sites for hydroxylation is 1. The first-order chi connectivity index (χ1) is 8.06. The van der Waals surface area contributed by atoms with Crippen LogP contribution in [0.25, 0.3) is 0 Å². The average Bonchev–Trinajstić information content (AvgIpc) is 2.58. The van der Waals surface area contributed by atoms with Crippen molar-refractivity contribution in [1.29, 1.82) is 0 Å². The predicted octanol–water partition coefficient (Wildman–Crippen LogP) is 1.39. The molecule has 0 fully saturated rings. The number of hydrogen-bond acceptors (Lipinski definition) is 3. The van der Waals surface area contributed by atoms with E-state index in [4.69, 9.17) is 5.73 Å². The molecule has 0 radical (unpaired) electrons. The number of hydrogen-bond donors (Lipinski definition) is 2. The number of halogens is 1. The van der Waals surface area contributed by atoms with Crippen LogP contribution < -0.4 is 11.1 Å². The fourth-order valence-corrected chi connectivity index (χ4v) is 1.47. The highest BCUT2D eigenvalue weighted by Crippen LogP contribution is 2.11. The smallest absolute Gasteiger partial charge is 0.273 e. The molecule has 17 heavy (non-hydrogen) atoms. The average molecular weight is 234 g/mol. The number of rotatable bonds is 2. The van der Waals surface area contributed by atoms with Gasteiger partial charge in [0, 0.05) is 13.2 Å². The first-order valence-electron chi connectivity index (χ1n) is 4.92. The summed E-state index contributed by atoms with van der Waals surface area (Å²) in [5, 5.41) is 2.49. The Kier molecular flexibility index (Phi) is 2.78. The van der Waals surface area contributed by atoms with Gasteiger partial charge in [-0.25, -0.2) is 4.98 Å². The summed E-state index contributed by atoms with van der Waals surface area (Å²) < 4.78 is 14.4. The minimum absolute atomic E-state index is 0.162. The fourth-order valence-electron chi connectivity index (χ4n) is 1.47. The summed E-state index contributed by atoms with van der Waals surface area (Å²) in [5.74, 6) is -0.869. The third kappa shape index (κ3) is 2.41. The van der Waals surface area contributed by atoms with Crippen molar-refractivity contribution in [2.75, 3.05) is 11.1 Å². The van der Waals surface area contributed by atoms with E-state index in [1.807, 2.05) is 0 Å². The summed E-state index contributed by atoms with van der Waals surface area (Å²) in [6.45, 7) is 0. The van der Waals surface area contributed by atoms with Crippen LogP contribution in [0.2, 0.25) is 0 Å². The van der Waals surface area contributed by atoms with Gasteiger partial charge in [0.15, 0.2) is 0 Å². The van der Waals surface area contributed by atoms with Gasteiger partial charge in [0.05, 0.1) is 5.69 Å². The third-order valence-corrected chi connectivity index (χ3v) is 2.22. The van der Waals surface area contributed by atoms with Crippen LogP contribution in [-0.2, 0) is 7.05 Å². The second-order valence-electron chi connectivity index (χ2n) is 3.57. The highest BCUT2D eigenvalue weighted by molar-refractivity contribution is 6.03. The zero-order valence-corrected chi connectivity index (χ0v) is 9.14. The molecule has 0 saturated carbocycles. The van der Waals surface area contributed by atoms with Crippen molar-refractivity contribution < 1.29 is 9.18 Å². The molecule has 1 amide bonds. The number of carbonyl (C=O) groups excluding carboxylic acids is 1. The van der Waals surface area contributed by atoms with Gasteiger partial charge in [-0.3, -0.25) is 4.79 Å². The Labute approximate surface area is 97.1 Å². The van der Waals surface area contributed by atoms with E-state index in [1.165, 1.54) is 24.3 Å². The molecular formula is C11H11FN4O. The van der Waals surface area contributed by atoms with E-state index in [9.17, 15) is 9.18 Å². The first-order valence-corrected chi connectivity index (χ1v) is 4.92. The molecule has 2 aromatic rings. The Morgan fingerprint density at radius 2 is 2.29 bits per heavy atom. The summed E-state index contributed by atoms with van der Waals surface area (Å²) in [6, 6.07) is 5.72. The number of nitrogens with two attached hydrogens (primary N) is 1. The van der Waals surface area contributed by atoms with Gasteiger partial charge in [0.25, 0.3) is 5.91 Å². The van der Waals surface area contributed by atoms with Crippen LogP contribution >= 0.6 is 0 Å². The minimum atomic E-state index is -0.644. The quantitative estimate of drug-likeness (QED) is 0.771. The molecule has 0 aliphatic heterocycles. The lowest BCUT2D eigenvalue weighted by atomic mass is 10.3. The van der Waals surface area contributed by atoms with E-state index >= 15 is 0 Å². The van der Waals surface area contributed by atoms with Crippen LogP contribution in [0.4, 0.5) is 15.9 Å². The zero-order chi connectivity index (χ0) is 12.4. The summed E-state index contributed by atoms with van der Waals surface area (Å²) in [5.41, 5.74) is 6.43. The van der Waals surface area contributed by atoms with Crippen molar-refractivity contribution in [3.8, 4) is 0 Å². The molecule has 0 aliphatic rings. The predicted molar refractivity (Wildman–Crippen MR) is 62.0 cm³/mol. The standard InChI is InChI=1S/C11H11FN4O/c1-16-6-7(13)5-8(16)11(17)15-10-4-2-3-9(12)14-10/h2-6H,13H2,1H3,(H,14,15,17). The van der Waals surface area contributed by atoms with Crippen LogP contribution in [0.3, 0.4) is 0 Å². The zero-order valence-electron chi connectivity index (χ0n) is 9.14. The highest BCUT2D eigenvalue weighted by Gasteiger charge is 2.11. The number of pyridine rings is 1.